The first-order chi connectivity index (χ1) is 9.97. The minimum absolute atomic E-state index is 0.0347. The first-order valence-electron chi connectivity index (χ1n) is 6.53. The summed E-state index contributed by atoms with van der Waals surface area (Å²) < 4.78 is 15.8. The molecule has 0 saturated carbocycles. The third kappa shape index (κ3) is 2.34. The Hall–Kier alpha value is -2.13. The molecule has 3 aromatic rings. The normalized spacial score (nSPS) is 11.0. The minimum Gasteiger partial charge on any atom is -0.350 e. The van der Waals surface area contributed by atoms with Gasteiger partial charge in [0.25, 0.3) is 0 Å². The lowest BCUT2D eigenvalue weighted by molar-refractivity contribution is 0.103. The van der Waals surface area contributed by atoms with E-state index in [1.54, 1.807) is 6.20 Å². The Morgan fingerprint density at radius 1 is 1.14 bits per heavy atom. The van der Waals surface area contributed by atoms with Gasteiger partial charge in [0.15, 0.2) is 5.78 Å². The zero-order chi connectivity index (χ0) is 15.1. The molecule has 2 aromatic carbocycles. The smallest absolute Gasteiger partial charge is 0.198 e. The molecule has 0 aliphatic rings. The number of carbonyl (C=O) groups is 1. The number of halogens is 2. The second kappa shape index (κ2) is 5.01. The average Bonchev–Trinajstić information content (AvgIpc) is 2.75. The predicted octanol–water partition coefficient (Wildman–Crippen LogP) is 4.51. The summed E-state index contributed by atoms with van der Waals surface area (Å²) in [6, 6.07) is 9.94. The van der Waals surface area contributed by atoms with E-state index in [9.17, 15) is 9.18 Å². The van der Waals surface area contributed by atoms with Crippen LogP contribution >= 0.6 is 11.6 Å². The highest BCUT2D eigenvalue weighted by molar-refractivity contribution is 6.30. The molecule has 0 atom stereocenters. The lowest BCUT2D eigenvalue weighted by atomic mass is 10.0. The molecule has 3 rings (SSSR count). The van der Waals surface area contributed by atoms with Crippen LogP contribution in [0.4, 0.5) is 4.39 Å². The molecule has 0 amide bonds. The molecule has 0 aliphatic carbocycles. The van der Waals surface area contributed by atoms with Gasteiger partial charge in [0.05, 0.1) is 5.56 Å². The van der Waals surface area contributed by atoms with Gasteiger partial charge in [0.1, 0.15) is 5.82 Å². The molecule has 2 nitrogen and oxygen atoms in total. The summed E-state index contributed by atoms with van der Waals surface area (Å²) in [5, 5.41) is 1.10. The van der Waals surface area contributed by atoms with Crippen LogP contribution in [0.2, 0.25) is 5.02 Å². The standard InChI is InChI=1S/C17H13ClFNO/c1-10-3-5-12-14(9-20(2)16(12)7-10)17(21)13-6-4-11(18)8-15(13)19/h3-9H,1-2H3. The molecule has 0 saturated heterocycles. The third-order valence-corrected chi connectivity index (χ3v) is 3.80. The Balaban J connectivity index is 2.18. The van der Waals surface area contributed by atoms with E-state index in [2.05, 4.69) is 0 Å². The summed E-state index contributed by atoms with van der Waals surface area (Å²) in [5.41, 5.74) is 2.59. The number of hydrogen-bond acceptors (Lipinski definition) is 1. The molecule has 0 N–H and O–H groups in total. The van der Waals surface area contributed by atoms with E-state index >= 15 is 0 Å². The minimum atomic E-state index is -0.600. The molecule has 0 unspecified atom stereocenters. The van der Waals surface area contributed by atoms with Crippen molar-refractivity contribution in [2.75, 3.05) is 0 Å². The number of nitrogens with zero attached hydrogens (tertiary/aromatic N) is 1. The molecular formula is C17H13ClFNO. The molecule has 1 heterocycles. The molecule has 106 valence electrons. The highest BCUT2D eigenvalue weighted by atomic mass is 35.5. The first-order valence-corrected chi connectivity index (χ1v) is 6.90. The lowest BCUT2D eigenvalue weighted by Gasteiger charge is -2.02. The van der Waals surface area contributed by atoms with Gasteiger partial charge in [-0.2, -0.15) is 0 Å². The summed E-state index contributed by atoms with van der Waals surface area (Å²) in [4.78, 5) is 12.6. The van der Waals surface area contributed by atoms with E-state index in [1.807, 2.05) is 36.7 Å². The Morgan fingerprint density at radius 3 is 2.62 bits per heavy atom. The molecule has 0 radical (unpaired) electrons. The first kappa shape index (κ1) is 13.8. The predicted molar refractivity (Wildman–Crippen MR) is 82.5 cm³/mol. The molecule has 0 spiro atoms. The zero-order valence-corrected chi connectivity index (χ0v) is 12.4. The maximum absolute atomic E-state index is 13.9. The number of benzene rings is 2. The molecule has 0 fully saturated rings. The lowest BCUT2D eigenvalue weighted by Crippen LogP contribution is -2.03. The number of hydrogen-bond donors (Lipinski definition) is 0. The molecule has 0 bridgehead atoms. The van der Waals surface area contributed by atoms with E-state index in [4.69, 9.17) is 11.6 Å². The second-order valence-corrected chi connectivity index (χ2v) is 5.56. The molecule has 0 aliphatic heterocycles. The van der Waals surface area contributed by atoms with E-state index in [-0.39, 0.29) is 16.4 Å². The Morgan fingerprint density at radius 2 is 1.90 bits per heavy atom. The van der Waals surface area contributed by atoms with Crippen molar-refractivity contribution in [3.05, 3.63) is 70.1 Å². The number of ketones is 1. The average molecular weight is 302 g/mol. The van der Waals surface area contributed by atoms with Gasteiger partial charge < -0.3 is 4.57 Å². The summed E-state index contributed by atoms with van der Waals surface area (Å²) >= 11 is 5.73. The third-order valence-electron chi connectivity index (χ3n) is 3.57. The summed E-state index contributed by atoms with van der Waals surface area (Å²) in [6.45, 7) is 1.99. The molecule has 4 heteroatoms. The topological polar surface area (TPSA) is 22.0 Å². The van der Waals surface area contributed by atoms with Gasteiger partial charge in [0, 0.05) is 34.7 Å². The molecule has 21 heavy (non-hydrogen) atoms. The number of aryl methyl sites for hydroxylation is 2. The van der Waals surface area contributed by atoms with Crippen LogP contribution in [0.1, 0.15) is 21.5 Å². The summed E-state index contributed by atoms with van der Waals surface area (Å²) in [6.07, 6.45) is 1.74. The maximum atomic E-state index is 13.9. The van der Waals surface area contributed by atoms with Crippen LogP contribution in [0.25, 0.3) is 10.9 Å². The van der Waals surface area contributed by atoms with Crippen LogP contribution in [-0.2, 0) is 7.05 Å². The van der Waals surface area contributed by atoms with Gasteiger partial charge in [-0.1, -0.05) is 23.7 Å². The van der Waals surface area contributed by atoms with E-state index in [1.165, 1.54) is 12.1 Å². The Bertz CT molecular complexity index is 867. The van der Waals surface area contributed by atoms with Crippen molar-refractivity contribution in [1.29, 1.82) is 0 Å². The monoisotopic (exact) mass is 301 g/mol. The zero-order valence-electron chi connectivity index (χ0n) is 11.7. The van der Waals surface area contributed by atoms with Crippen LogP contribution in [0.3, 0.4) is 0 Å². The van der Waals surface area contributed by atoms with E-state index in [0.717, 1.165) is 22.5 Å². The van der Waals surface area contributed by atoms with Crippen LogP contribution in [0, 0.1) is 12.7 Å². The van der Waals surface area contributed by atoms with Gasteiger partial charge in [-0.05, 0) is 36.8 Å². The fourth-order valence-electron chi connectivity index (χ4n) is 2.49. The number of fused-ring (bicyclic) bond motifs is 1. The number of carbonyl (C=O) groups excluding carboxylic acids is 1. The number of aromatic nitrogens is 1. The highest BCUT2D eigenvalue weighted by Crippen LogP contribution is 2.26. The van der Waals surface area contributed by atoms with E-state index in [0.29, 0.717) is 5.56 Å². The van der Waals surface area contributed by atoms with Gasteiger partial charge >= 0.3 is 0 Å². The SMILES string of the molecule is Cc1ccc2c(C(=O)c3ccc(Cl)cc3F)cn(C)c2c1. The van der Waals surface area contributed by atoms with Crippen LogP contribution in [0.15, 0.2) is 42.6 Å². The maximum Gasteiger partial charge on any atom is 0.198 e. The molecule has 1 aromatic heterocycles. The molecular weight excluding hydrogens is 289 g/mol. The van der Waals surface area contributed by atoms with Gasteiger partial charge in [-0.3, -0.25) is 4.79 Å². The van der Waals surface area contributed by atoms with Crippen molar-refractivity contribution in [3.63, 3.8) is 0 Å². The van der Waals surface area contributed by atoms with Crippen molar-refractivity contribution >= 4 is 28.3 Å². The summed E-state index contributed by atoms with van der Waals surface area (Å²) in [5.74, 6) is -0.935. The second-order valence-electron chi connectivity index (χ2n) is 5.13. The van der Waals surface area contributed by atoms with Crippen molar-refractivity contribution in [1.82, 2.24) is 4.57 Å². The Labute approximate surface area is 126 Å². The fraction of sp³-hybridized carbons (Fsp3) is 0.118. The van der Waals surface area contributed by atoms with E-state index < -0.39 is 5.82 Å². The van der Waals surface area contributed by atoms with Crippen LogP contribution < -0.4 is 0 Å². The quantitative estimate of drug-likeness (QED) is 0.638. The van der Waals surface area contributed by atoms with Gasteiger partial charge in [-0.15, -0.1) is 0 Å². The van der Waals surface area contributed by atoms with Gasteiger partial charge in [-0.25, -0.2) is 4.39 Å². The fourth-order valence-corrected chi connectivity index (χ4v) is 2.65. The van der Waals surface area contributed by atoms with Gasteiger partial charge in [0.2, 0.25) is 0 Å². The van der Waals surface area contributed by atoms with Crippen LogP contribution in [-0.4, -0.2) is 10.4 Å². The van der Waals surface area contributed by atoms with Crippen molar-refractivity contribution in [2.24, 2.45) is 7.05 Å². The van der Waals surface area contributed by atoms with Crippen LogP contribution in [0.5, 0.6) is 0 Å². The number of rotatable bonds is 2. The van der Waals surface area contributed by atoms with Crippen molar-refractivity contribution in [2.45, 2.75) is 6.92 Å². The van der Waals surface area contributed by atoms with Crippen molar-refractivity contribution in [3.8, 4) is 0 Å². The largest absolute Gasteiger partial charge is 0.350 e. The summed E-state index contributed by atoms with van der Waals surface area (Å²) in [7, 11) is 1.87. The Kier molecular flexibility index (Phi) is 3.30. The van der Waals surface area contributed by atoms with Crippen molar-refractivity contribution < 1.29 is 9.18 Å². The highest BCUT2D eigenvalue weighted by Gasteiger charge is 2.19.